The lowest BCUT2D eigenvalue weighted by Crippen LogP contribution is -2.27. The molecule has 2 aromatic rings. The Morgan fingerprint density at radius 3 is 2.00 bits per heavy atom. The van der Waals surface area contributed by atoms with E-state index >= 15 is 0 Å². The van der Waals surface area contributed by atoms with Crippen LogP contribution in [0.4, 0.5) is 5.69 Å². The van der Waals surface area contributed by atoms with Gasteiger partial charge in [-0.25, -0.2) is 0 Å². The van der Waals surface area contributed by atoms with Crippen LogP contribution in [0.1, 0.15) is 16.8 Å². The van der Waals surface area contributed by atoms with E-state index in [0.29, 0.717) is 5.56 Å². The Hall–Kier alpha value is -1.66. The smallest absolute Gasteiger partial charge is 0.251 e. The van der Waals surface area contributed by atoms with Crippen molar-refractivity contribution in [2.24, 2.45) is 0 Å². The molecule has 0 unspecified atom stereocenters. The summed E-state index contributed by atoms with van der Waals surface area (Å²) in [5, 5.41) is 5.49. The third-order valence-corrected chi connectivity index (χ3v) is 3.93. The molecule has 4 nitrogen and oxygen atoms in total. The van der Waals surface area contributed by atoms with Crippen LogP contribution in [0.15, 0.2) is 57.5 Å². The van der Waals surface area contributed by atoms with Crippen LogP contribution in [-0.4, -0.2) is 18.4 Å². The van der Waals surface area contributed by atoms with Crippen LogP contribution < -0.4 is 10.6 Å². The Balaban J connectivity index is 1.75. The SMILES string of the molecule is O=C(CCNC(=O)c1ccc(Br)cc1)Nc1ccc(Br)cc1. The first-order valence-corrected chi connectivity index (χ1v) is 8.22. The van der Waals surface area contributed by atoms with Gasteiger partial charge in [0.05, 0.1) is 0 Å². The van der Waals surface area contributed by atoms with Gasteiger partial charge in [0.2, 0.25) is 5.91 Å². The molecule has 0 aliphatic heterocycles. The molecular weight excluding hydrogens is 412 g/mol. The van der Waals surface area contributed by atoms with Crippen LogP contribution in [0.25, 0.3) is 0 Å². The van der Waals surface area contributed by atoms with E-state index in [0.717, 1.165) is 14.6 Å². The largest absolute Gasteiger partial charge is 0.352 e. The fourth-order valence-electron chi connectivity index (χ4n) is 1.75. The van der Waals surface area contributed by atoms with Gasteiger partial charge < -0.3 is 10.6 Å². The van der Waals surface area contributed by atoms with Gasteiger partial charge >= 0.3 is 0 Å². The molecule has 0 saturated heterocycles. The van der Waals surface area contributed by atoms with Crippen molar-refractivity contribution < 1.29 is 9.59 Å². The van der Waals surface area contributed by atoms with Gasteiger partial charge in [0, 0.05) is 33.2 Å². The molecule has 0 heterocycles. The van der Waals surface area contributed by atoms with E-state index < -0.39 is 0 Å². The molecule has 6 heteroatoms. The highest BCUT2D eigenvalue weighted by atomic mass is 79.9. The quantitative estimate of drug-likeness (QED) is 0.761. The van der Waals surface area contributed by atoms with Gasteiger partial charge in [-0.3, -0.25) is 9.59 Å². The van der Waals surface area contributed by atoms with E-state index in [2.05, 4.69) is 42.5 Å². The third kappa shape index (κ3) is 5.27. The number of anilines is 1. The average molecular weight is 426 g/mol. The molecule has 0 aliphatic rings. The lowest BCUT2D eigenvalue weighted by atomic mass is 10.2. The Bertz CT molecular complexity index is 655. The van der Waals surface area contributed by atoms with Crippen LogP contribution in [0.2, 0.25) is 0 Å². The highest BCUT2D eigenvalue weighted by molar-refractivity contribution is 9.10. The summed E-state index contributed by atoms with van der Waals surface area (Å²) in [5.41, 5.74) is 1.30. The summed E-state index contributed by atoms with van der Waals surface area (Å²) in [6.45, 7) is 0.289. The van der Waals surface area contributed by atoms with Crippen molar-refractivity contribution in [3.63, 3.8) is 0 Å². The van der Waals surface area contributed by atoms with Crippen molar-refractivity contribution in [3.05, 3.63) is 63.0 Å². The number of hydrogen-bond acceptors (Lipinski definition) is 2. The number of carbonyl (C=O) groups excluding carboxylic acids is 2. The average Bonchev–Trinajstić information content (AvgIpc) is 2.50. The molecule has 0 aliphatic carbocycles. The maximum atomic E-state index is 11.9. The minimum absolute atomic E-state index is 0.140. The summed E-state index contributed by atoms with van der Waals surface area (Å²) in [6.07, 6.45) is 0.221. The fourth-order valence-corrected chi connectivity index (χ4v) is 2.28. The molecule has 2 N–H and O–H groups in total. The highest BCUT2D eigenvalue weighted by Gasteiger charge is 2.07. The van der Waals surface area contributed by atoms with Crippen molar-refractivity contribution >= 4 is 49.4 Å². The molecule has 2 aromatic carbocycles. The van der Waals surface area contributed by atoms with E-state index in [-0.39, 0.29) is 24.8 Å². The molecule has 114 valence electrons. The van der Waals surface area contributed by atoms with Gasteiger partial charge in [0.15, 0.2) is 0 Å². The topological polar surface area (TPSA) is 58.2 Å². The standard InChI is InChI=1S/C16H14Br2N2O2/c17-12-3-1-11(2-4-12)16(22)19-10-9-15(21)20-14-7-5-13(18)6-8-14/h1-8H,9-10H2,(H,19,22)(H,20,21). The Kier molecular flexibility index (Phi) is 6.15. The molecule has 0 fully saturated rings. The minimum atomic E-state index is -0.191. The van der Waals surface area contributed by atoms with E-state index in [1.807, 2.05) is 24.3 Å². The maximum Gasteiger partial charge on any atom is 0.251 e. The Labute approximate surface area is 145 Å². The number of halogens is 2. The number of nitrogens with one attached hydrogen (secondary N) is 2. The number of rotatable bonds is 5. The van der Waals surface area contributed by atoms with E-state index in [1.54, 1.807) is 24.3 Å². The number of benzene rings is 2. The summed E-state index contributed by atoms with van der Waals surface area (Å²) in [7, 11) is 0. The van der Waals surface area contributed by atoms with Crippen LogP contribution >= 0.6 is 31.9 Å². The lowest BCUT2D eigenvalue weighted by molar-refractivity contribution is -0.116. The molecule has 0 saturated carbocycles. The fraction of sp³-hybridized carbons (Fsp3) is 0.125. The summed E-state index contributed by atoms with van der Waals surface area (Å²) in [5.74, 6) is -0.331. The Morgan fingerprint density at radius 1 is 0.864 bits per heavy atom. The summed E-state index contributed by atoms with van der Waals surface area (Å²) in [6, 6.07) is 14.4. The summed E-state index contributed by atoms with van der Waals surface area (Å²) < 4.78 is 1.87. The normalized spacial score (nSPS) is 10.1. The van der Waals surface area contributed by atoms with Gasteiger partial charge in [-0.2, -0.15) is 0 Å². The molecular formula is C16H14Br2N2O2. The van der Waals surface area contributed by atoms with Crippen molar-refractivity contribution in [2.75, 3.05) is 11.9 Å². The second-order valence-electron chi connectivity index (χ2n) is 4.57. The van der Waals surface area contributed by atoms with Gasteiger partial charge in [0.25, 0.3) is 5.91 Å². The molecule has 0 atom stereocenters. The van der Waals surface area contributed by atoms with Crippen molar-refractivity contribution in [2.45, 2.75) is 6.42 Å². The lowest BCUT2D eigenvalue weighted by Gasteiger charge is -2.07. The maximum absolute atomic E-state index is 11.9. The summed E-state index contributed by atoms with van der Waals surface area (Å²) in [4.78, 5) is 23.6. The van der Waals surface area contributed by atoms with Crippen LogP contribution in [-0.2, 0) is 4.79 Å². The van der Waals surface area contributed by atoms with E-state index in [9.17, 15) is 9.59 Å². The predicted octanol–water partition coefficient (Wildman–Crippen LogP) is 3.97. The van der Waals surface area contributed by atoms with Crippen molar-refractivity contribution in [1.82, 2.24) is 5.32 Å². The van der Waals surface area contributed by atoms with Gasteiger partial charge in [-0.1, -0.05) is 31.9 Å². The molecule has 0 spiro atoms. The highest BCUT2D eigenvalue weighted by Crippen LogP contribution is 2.14. The molecule has 2 rings (SSSR count). The number of amides is 2. The Morgan fingerprint density at radius 2 is 1.41 bits per heavy atom. The predicted molar refractivity (Wildman–Crippen MR) is 93.9 cm³/mol. The van der Waals surface area contributed by atoms with Gasteiger partial charge in [0.1, 0.15) is 0 Å². The first-order chi connectivity index (χ1) is 10.5. The zero-order valence-electron chi connectivity index (χ0n) is 11.6. The third-order valence-electron chi connectivity index (χ3n) is 2.87. The molecule has 0 bridgehead atoms. The second kappa shape index (κ2) is 8.10. The zero-order valence-corrected chi connectivity index (χ0v) is 14.8. The number of carbonyl (C=O) groups is 2. The minimum Gasteiger partial charge on any atom is -0.352 e. The first-order valence-electron chi connectivity index (χ1n) is 6.64. The van der Waals surface area contributed by atoms with Gasteiger partial charge in [-0.15, -0.1) is 0 Å². The van der Waals surface area contributed by atoms with Crippen LogP contribution in [0.5, 0.6) is 0 Å². The second-order valence-corrected chi connectivity index (χ2v) is 6.40. The molecule has 0 aromatic heterocycles. The van der Waals surface area contributed by atoms with Crippen LogP contribution in [0.3, 0.4) is 0 Å². The first kappa shape index (κ1) is 16.7. The number of hydrogen-bond donors (Lipinski definition) is 2. The van der Waals surface area contributed by atoms with E-state index in [1.165, 1.54) is 0 Å². The van der Waals surface area contributed by atoms with Crippen molar-refractivity contribution in [3.8, 4) is 0 Å². The monoisotopic (exact) mass is 424 g/mol. The molecule has 2 amide bonds. The zero-order chi connectivity index (χ0) is 15.9. The van der Waals surface area contributed by atoms with E-state index in [4.69, 9.17) is 0 Å². The van der Waals surface area contributed by atoms with Crippen LogP contribution in [0, 0.1) is 0 Å². The molecule has 22 heavy (non-hydrogen) atoms. The van der Waals surface area contributed by atoms with Crippen molar-refractivity contribution in [1.29, 1.82) is 0 Å². The van der Waals surface area contributed by atoms with Gasteiger partial charge in [-0.05, 0) is 48.5 Å². The molecule has 0 radical (unpaired) electrons. The summed E-state index contributed by atoms with van der Waals surface area (Å²) >= 11 is 6.65.